The van der Waals surface area contributed by atoms with E-state index in [2.05, 4.69) is 0 Å². The molecule has 1 unspecified atom stereocenters. The maximum atomic E-state index is 11.8. The number of nitro benzene ring substituents is 2. The molecule has 0 bridgehead atoms. The predicted octanol–water partition coefficient (Wildman–Crippen LogP) is 4.11. The van der Waals surface area contributed by atoms with Crippen molar-refractivity contribution in [3.8, 4) is 11.5 Å². The summed E-state index contributed by atoms with van der Waals surface area (Å²) in [6.07, 6.45) is -1.70. The molecule has 0 aliphatic rings. The van der Waals surface area contributed by atoms with E-state index >= 15 is 0 Å². The average Bonchev–Trinajstić information content (AvgIpc) is 2.86. The second kappa shape index (κ2) is 14.0. The summed E-state index contributed by atoms with van der Waals surface area (Å²) in [5, 5.41) is 21.3. The number of benzene rings is 2. The Kier molecular flexibility index (Phi) is 11.1. The number of hydrogen-bond donors (Lipinski definition) is 1. The Morgan fingerprint density at radius 1 is 0.744 bits per heavy atom. The van der Waals surface area contributed by atoms with Crippen molar-refractivity contribution in [2.24, 2.45) is 5.73 Å². The Hall–Kier alpha value is -4.34. The second-order valence-electron chi connectivity index (χ2n) is 8.86. The minimum atomic E-state index is -1.24. The molecule has 0 radical (unpaired) electrons. The highest BCUT2D eigenvalue weighted by Gasteiger charge is 2.26. The van der Waals surface area contributed by atoms with Crippen LogP contribution in [-0.2, 0) is 18.9 Å². The summed E-state index contributed by atoms with van der Waals surface area (Å²) in [7, 11) is 0. The molecule has 0 saturated heterocycles. The Balaban J connectivity index is 1.63. The molecule has 0 spiro atoms. The first-order valence-corrected chi connectivity index (χ1v) is 11.5. The van der Waals surface area contributed by atoms with Gasteiger partial charge in [0.2, 0.25) is 0 Å². The molecule has 212 valence electrons. The largest absolute Gasteiger partial charge is 0.513 e. The molecule has 0 heterocycles. The summed E-state index contributed by atoms with van der Waals surface area (Å²) in [5.41, 5.74) is 3.79. The van der Waals surface area contributed by atoms with Crippen molar-refractivity contribution in [2.45, 2.75) is 38.5 Å². The molecule has 0 aliphatic carbocycles. The fraction of sp³-hybridized carbons (Fsp3) is 0.417. The van der Waals surface area contributed by atoms with Crippen molar-refractivity contribution in [3.05, 3.63) is 68.8 Å². The lowest BCUT2D eigenvalue weighted by Gasteiger charge is -2.31. The van der Waals surface area contributed by atoms with Crippen molar-refractivity contribution >= 4 is 23.7 Å². The van der Waals surface area contributed by atoms with E-state index in [0.29, 0.717) is 0 Å². The van der Waals surface area contributed by atoms with Crippen molar-refractivity contribution < 1.29 is 47.9 Å². The summed E-state index contributed by atoms with van der Waals surface area (Å²) in [5.74, 6) is 0.176. The van der Waals surface area contributed by atoms with Crippen LogP contribution in [0.25, 0.3) is 0 Å². The fourth-order valence-electron chi connectivity index (χ4n) is 2.76. The maximum absolute atomic E-state index is 11.8. The number of non-ortho nitro benzene ring substituents is 2. The van der Waals surface area contributed by atoms with E-state index in [4.69, 9.17) is 34.2 Å². The Bertz CT molecular complexity index is 1130. The number of carbonyl (C=O) groups is 2. The number of rotatable bonds is 14. The van der Waals surface area contributed by atoms with Gasteiger partial charge in [-0.1, -0.05) is 0 Å². The van der Waals surface area contributed by atoms with E-state index in [0.717, 1.165) is 0 Å². The van der Waals surface area contributed by atoms with Crippen LogP contribution in [0, 0.1) is 20.2 Å². The van der Waals surface area contributed by atoms with Crippen LogP contribution in [0.5, 0.6) is 11.5 Å². The standard InChI is InChI=1S/C24H29N3O12/c1-23(2,12-13-34-21(28)38-19-8-4-17(5-9-19)26(30)31)37-16-24(3,25)36-15-14-35-22(29)39-20-10-6-18(7-11-20)27(32)33/h4-11H,12-16,25H2,1-3H3. The molecule has 0 aliphatic heterocycles. The van der Waals surface area contributed by atoms with Gasteiger partial charge in [0, 0.05) is 30.7 Å². The summed E-state index contributed by atoms with van der Waals surface area (Å²) >= 11 is 0. The van der Waals surface area contributed by atoms with E-state index in [1.54, 1.807) is 20.8 Å². The third kappa shape index (κ3) is 11.7. The van der Waals surface area contributed by atoms with Crippen molar-refractivity contribution in [1.82, 2.24) is 0 Å². The number of hydrogen-bond acceptors (Lipinski definition) is 13. The van der Waals surface area contributed by atoms with Gasteiger partial charge < -0.3 is 34.2 Å². The maximum Gasteiger partial charge on any atom is 0.513 e. The number of nitrogens with two attached hydrogens (primary N) is 1. The van der Waals surface area contributed by atoms with Crippen LogP contribution in [0.4, 0.5) is 21.0 Å². The molecular formula is C24H29N3O12. The normalized spacial score (nSPS) is 12.6. The minimum Gasteiger partial charge on any atom is -0.434 e. The fourth-order valence-corrected chi connectivity index (χ4v) is 2.76. The molecule has 2 N–H and O–H groups in total. The molecule has 15 nitrogen and oxygen atoms in total. The molecule has 0 amide bonds. The summed E-state index contributed by atoms with van der Waals surface area (Å²) in [6, 6.07) is 9.86. The second-order valence-corrected chi connectivity index (χ2v) is 8.86. The molecule has 2 aromatic rings. The van der Waals surface area contributed by atoms with Crippen LogP contribution < -0.4 is 15.2 Å². The highest BCUT2D eigenvalue weighted by atomic mass is 16.7. The first kappa shape index (κ1) is 30.9. The zero-order valence-electron chi connectivity index (χ0n) is 21.5. The van der Waals surface area contributed by atoms with Gasteiger partial charge in [0.25, 0.3) is 11.4 Å². The van der Waals surface area contributed by atoms with Gasteiger partial charge in [0.1, 0.15) is 23.8 Å². The van der Waals surface area contributed by atoms with E-state index in [-0.39, 0.29) is 55.7 Å². The van der Waals surface area contributed by atoms with Gasteiger partial charge in [-0.25, -0.2) is 9.59 Å². The van der Waals surface area contributed by atoms with Crippen molar-refractivity contribution in [2.75, 3.05) is 26.4 Å². The summed E-state index contributed by atoms with van der Waals surface area (Å²) in [4.78, 5) is 43.7. The lowest BCUT2D eigenvalue weighted by Crippen LogP contribution is -2.47. The van der Waals surface area contributed by atoms with Crippen LogP contribution in [0.3, 0.4) is 0 Å². The third-order valence-electron chi connectivity index (χ3n) is 4.91. The summed E-state index contributed by atoms with van der Waals surface area (Å²) < 4.78 is 31.1. The molecular weight excluding hydrogens is 522 g/mol. The quantitative estimate of drug-likeness (QED) is 0.0878. The summed E-state index contributed by atoms with van der Waals surface area (Å²) in [6.45, 7) is 4.76. The van der Waals surface area contributed by atoms with Gasteiger partial charge in [-0.2, -0.15) is 0 Å². The highest BCUT2D eigenvalue weighted by Crippen LogP contribution is 2.20. The van der Waals surface area contributed by atoms with E-state index < -0.39 is 33.5 Å². The number of ether oxygens (including phenoxy) is 6. The smallest absolute Gasteiger partial charge is 0.434 e. The highest BCUT2D eigenvalue weighted by molar-refractivity contribution is 5.64. The van der Waals surface area contributed by atoms with Gasteiger partial charge in [0.15, 0.2) is 0 Å². The molecule has 2 aromatic carbocycles. The van der Waals surface area contributed by atoms with Crippen molar-refractivity contribution in [1.29, 1.82) is 0 Å². The van der Waals surface area contributed by atoms with E-state index in [9.17, 15) is 29.8 Å². The SMILES string of the molecule is CC(C)(CCOC(=O)Oc1ccc([N+](=O)[O-])cc1)OCC(C)(N)OCCOC(=O)Oc1ccc([N+](=O)[O-])cc1. The number of nitrogens with zero attached hydrogens (tertiary/aromatic N) is 2. The molecule has 0 aromatic heterocycles. The lowest BCUT2D eigenvalue weighted by molar-refractivity contribution is -0.385. The molecule has 1 atom stereocenters. The number of nitro groups is 2. The van der Waals surface area contributed by atoms with Gasteiger partial charge in [-0.05, 0) is 45.0 Å². The molecule has 2 rings (SSSR count). The molecule has 15 heteroatoms. The Morgan fingerprint density at radius 2 is 1.18 bits per heavy atom. The van der Waals surface area contributed by atoms with Crippen LogP contribution in [0.2, 0.25) is 0 Å². The van der Waals surface area contributed by atoms with Crippen molar-refractivity contribution in [3.63, 3.8) is 0 Å². The first-order valence-electron chi connectivity index (χ1n) is 11.5. The molecule has 0 saturated carbocycles. The minimum absolute atomic E-state index is 0.0360. The van der Waals surface area contributed by atoms with Gasteiger partial charge in [-0.15, -0.1) is 0 Å². The monoisotopic (exact) mass is 551 g/mol. The van der Waals surface area contributed by atoms with Gasteiger partial charge in [0.05, 0.1) is 35.3 Å². The number of carbonyl (C=O) groups excluding carboxylic acids is 2. The zero-order chi connectivity index (χ0) is 29.1. The first-order chi connectivity index (χ1) is 18.3. The van der Waals surface area contributed by atoms with E-state index in [1.807, 2.05) is 0 Å². The van der Waals surface area contributed by atoms with E-state index in [1.165, 1.54) is 48.5 Å². The topological polar surface area (TPSA) is 202 Å². The molecule has 0 fully saturated rings. The van der Waals surface area contributed by atoms with Crippen LogP contribution >= 0.6 is 0 Å². The third-order valence-corrected chi connectivity index (χ3v) is 4.91. The molecule has 39 heavy (non-hydrogen) atoms. The Labute approximate surface area is 223 Å². The van der Waals surface area contributed by atoms with Crippen LogP contribution in [0.15, 0.2) is 48.5 Å². The Morgan fingerprint density at radius 3 is 1.62 bits per heavy atom. The predicted molar refractivity (Wildman–Crippen MR) is 133 cm³/mol. The van der Waals surface area contributed by atoms with Crippen LogP contribution in [-0.4, -0.2) is 59.9 Å². The van der Waals surface area contributed by atoms with Gasteiger partial charge in [-0.3, -0.25) is 20.2 Å². The zero-order valence-corrected chi connectivity index (χ0v) is 21.5. The van der Waals surface area contributed by atoms with Crippen LogP contribution in [0.1, 0.15) is 27.2 Å². The average molecular weight is 552 g/mol. The van der Waals surface area contributed by atoms with Gasteiger partial charge >= 0.3 is 12.3 Å². The lowest BCUT2D eigenvalue weighted by atomic mass is 10.1.